The molecule has 0 unspecified atom stereocenters. The molecule has 0 saturated carbocycles. The van der Waals surface area contributed by atoms with E-state index in [4.69, 9.17) is 15.7 Å². The number of aryl methyl sites for hydroxylation is 1. The van der Waals surface area contributed by atoms with E-state index < -0.39 is 0 Å². The summed E-state index contributed by atoms with van der Waals surface area (Å²) in [5.41, 5.74) is 8.39. The molecule has 7 nitrogen and oxygen atoms in total. The van der Waals surface area contributed by atoms with Crippen LogP contribution in [0.3, 0.4) is 0 Å². The van der Waals surface area contributed by atoms with E-state index in [9.17, 15) is 0 Å². The van der Waals surface area contributed by atoms with Gasteiger partial charge in [0.05, 0.1) is 17.5 Å². The Labute approximate surface area is 147 Å². The van der Waals surface area contributed by atoms with Gasteiger partial charge in [-0.1, -0.05) is 12.1 Å². The third kappa shape index (κ3) is 2.80. The normalized spacial score (nSPS) is 20.4. The van der Waals surface area contributed by atoms with E-state index in [1.807, 2.05) is 61.3 Å². The van der Waals surface area contributed by atoms with Gasteiger partial charge in [-0.3, -0.25) is 0 Å². The van der Waals surface area contributed by atoms with Gasteiger partial charge in [0.2, 0.25) is 5.95 Å². The predicted octanol–water partition coefficient (Wildman–Crippen LogP) is 1.36. The smallest absolute Gasteiger partial charge is 0.227 e. The Morgan fingerprint density at radius 1 is 1.16 bits per heavy atom. The molecule has 2 atom stereocenters. The maximum Gasteiger partial charge on any atom is 0.227 e. The summed E-state index contributed by atoms with van der Waals surface area (Å²) in [4.78, 5) is 18.3. The Morgan fingerprint density at radius 3 is 2.68 bits per heavy atom. The second-order valence-electron chi connectivity index (χ2n) is 6.90. The molecule has 1 aliphatic rings. The lowest BCUT2D eigenvalue weighted by Crippen LogP contribution is -2.29. The van der Waals surface area contributed by atoms with Gasteiger partial charge < -0.3 is 20.1 Å². The number of nitrogens with two attached hydrogens (primary N) is 1. The number of para-hydroxylation sites is 1. The molecule has 0 aliphatic carbocycles. The van der Waals surface area contributed by atoms with Crippen LogP contribution in [-0.2, 0) is 7.05 Å². The minimum atomic E-state index is 0.0211. The summed E-state index contributed by atoms with van der Waals surface area (Å²) in [6, 6.07) is 8.13. The Morgan fingerprint density at radius 2 is 1.96 bits per heavy atom. The molecule has 3 heterocycles. The van der Waals surface area contributed by atoms with Gasteiger partial charge >= 0.3 is 0 Å². The molecule has 1 aliphatic heterocycles. The number of anilines is 2. The van der Waals surface area contributed by atoms with Gasteiger partial charge in [-0.15, -0.1) is 0 Å². The molecule has 1 fully saturated rings. The fraction of sp³-hybridized carbons (Fsp3) is 0.389. The van der Waals surface area contributed by atoms with Gasteiger partial charge in [-0.25, -0.2) is 9.97 Å². The lowest BCUT2D eigenvalue weighted by atomic mass is 10.0. The third-order valence-corrected chi connectivity index (χ3v) is 4.75. The van der Waals surface area contributed by atoms with Crippen LogP contribution >= 0.6 is 0 Å². The largest absolute Gasteiger partial charge is 0.362 e. The SMILES string of the molecule is CN(C)c1nc(N2C[C@@H](N)[C@H](c3cn(C)cn3)C2)nc2ccccc12. The number of imidazole rings is 1. The van der Waals surface area contributed by atoms with Crippen LogP contribution in [0.5, 0.6) is 0 Å². The number of benzene rings is 1. The van der Waals surface area contributed by atoms with Crippen molar-refractivity contribution >= 4 is 22.7 Å². The Kier molecular flexibility index (Phi) is 3.80. The highest BCUT2D eigenvalue weighted by Gasteiger charge is 2.34. The summed E-state index contributed by atoms with van der Waals surface area (Å²) in [5.74, 6) is 1.85. The van der Waals surface area contributed by atoms with Crippen LogP contribution in [0.2, 0.25) is 0 Å². The van der Waals surface area contributed by atoms with E-state index in [0.717, 1.165) is 41.5 Å². The molecular weight excluding hydrogens is 314 g/mol. The van der Waals surface area contributed by atoms with Crippen LogP contribution in [0.1, 0.15) is 11.6 Å². The fourth-order valence-electron chi connectivity index (χ4n) is 3.46. The monoisotopic (exact) mass is 337 g/mol. The number of nitrogens with zero attached hydrogens (tertiary/aromatic N) is 6. The molecule has 0 spiro atoms. The number of rotatable bonds is 3. The van der Waals surface area contributed by atoms with Crippen LogP contribution in [0, 0.1) is 0 Å². The first-order valence-electron chi connectivity index (χ1n) is 8.45. The third-order valence-electron chi connectivity index (χ3n) is 4.75. The van der Waals surface area contributed by atoms with Crippen LogP contribution in [0.15, 0.2) is 36.8 Å². The molecule has 0 radical (unpaired) electrons. The van der Waals surface area contributed by atoms with Gasteiger partial charge in [-0.2, -0.15) is 4.98 Å². The average Bonchev–Trinajstić information content (AvgIpc) is 3.19. The van der Waals surface area contributed by atoms with Gasteiger partial charge in [0.25, 0.3) is 0 Å². The topological polar surface area (TPSA) is 76.1 Å². The highest BCUT2D eigenvalue weighted by Crippen LogP contribution is 2.30. The summed E-state index contributed by atoms with van der Waals surface area (Å²) in [7, 11) is 5.99. The van der Waals surface area contributed by atoms with Crippen LogP contribution in [0.25, 0.3) is 10.9 Å². The van der Waals surface area contributed by atoms with Crippen molar-refractivity contribution in [3.05, 3.63) is 42.5 Å². The highest BCUT2D eigenvalue weighted by atomic mass is 15.3. The number of aromatic nitrogens is 4. The summed E-state index contributed by atoms with van der Waals surface area (Å²) in [5, 5.41) is 1.06. The van der Waals surface area contributed by atoms with E-state index in [1.165, 1.54) is 0 Å². The van der Waals surface area contributed by atoms with E-state index >= 15 is 0 Å². The highest BCUT2D eigenvalue weighted by molar-refractivity contribution is 5.90. The Hall–Kier alpha value is -2.67. The molecule has 0 bridgehead atoms. The van der Waals surface area contributed by atoms with Crippen molar-refractivity contribution in [2.75, 3.05) is 37.0 Å². The van der Waals surface area contributed by atoms with Gasteiger partial charge in [-0.05, 0) is 12.1 Å². The van der Waals surface area contributed by atoms with Crippen LogP contribution in [-0.4, -0.2) is 52.7 Å². The van der Waals surface area contributed by atoms with Gasteiger partial charge in [0.15, 0.2) is 0 Å². The zero-order valence-corrected chi connectivity index (χ0v) is 14.8. The molecule has 1 aromatic carbocycles. The second-order valence-corrected chi connectivity index (χ2v) is 6.90. The van der Waals surface area contributed by atoms with Crippen LogP contribution in [0.4, 0.5) is 11.8 Å². The zero-order chi connectivity index (χ0) is 17.6. The Bertz CT molecular complexity index is 901. The minimum absolute atomic E-state index is 0.0211. The van der Waals surface area contributed by atoms with E-state index in [0.29, 0.717) is 0 Å². The van der Waals surface area contributed by atoms with E-state index in [2.05, 4.69) is 16.0 Å². The average molecular weight is 337 g/mol. The van der Waals surface area contributed by atoms with Crippen molar-refractivity contribution in [1.29, 1.82) is 0 Å². The molecule has 7 heteroatoms. The van der Waals surface area contributed by atoms with Crippen molar-refractivity contribution in [2.24, 2.45) is 12.8 Å². The molecule has 4 rings (SSSR count). The van der Waals surface area contributed by atoms with Crippen LogP contribution < -0.4 is 15.5 Å². The molecule has 1 saturated heterocycles. The lowest BCUT2D eigenvalue weighted by Gasteiger charge is -2.20. The van der Waals surface area contributed by atoms with Crippen molar-refractivity contribution in [3.63, 3.8) is 0 Å². The first-order chi connectivity index (χ1) is 12.0. The van der Waals surface area contributed by atoms with E-state index in [1.54, 1.807) is 0 Å². The summed E-state index contributed by atoms with van der Waals surface area (Å²) >= 11 is 0. The van der Waals surface area contributed by atoms with Gasteiger partial charge in [0, 0.05) is 57.8 Å². The van der Waals surface area contributed by atoms with Crippen molar-refractivity contribution in [3.8, 4) is 0 Å². The van der Waals surface area contributed by atoms with E-state index in [-0.39, 0.29) is 12.0 Å². The standard InChI is InChI=1S/C18H23N7/c1-23(2)17-12-6-4-5-7-15(12)21-18(22-17)25-8-13(14(19)9-25)16-10-24(3)11-20-16/h4-7,10-11,13-14H,8-9,19H2,1-3H3/t13-,14-/m1/s1. The summed E-state index contributed by atoms with van der Waals surface area (Å²) < 4.78 is 1.96. The molecule has 0 amide bonds. The zero-order valence-electron chi connectivity index (χ0n) is 14.8. The number of hydrogen-bond donors (Lipinski definition) is 1. The molecular formula is C18H23N7. The van der Waals surface area contributed by atoms with Crippen molar-refractivity contribution in [1.82, 2.24) is 19.5 Å². The predicted molar refractivity (Wildman–Crippen MR) is 100 cm³/mol. The van der Waals surface area contributed by atoms with Gasteiger partial charge in [0.1, 0.15) is 5.82 Å². The molecule has 2 N–H and O–H groups in total. The maximum atomic E-state index is 6.40. The first kappa shape index (κ1) is 15.8. The molecule has 3 aromatic rings. The minimum Gasteiger partial charge on any atom is -0.362 e. The number of hydrogen-bond acceptors (Lipinski definition) is 6. The van der Waals surface area contributed by atoms with Crippen molar-refractivity contribution < 1.29 is 0 Å². The molecule has 130 valence electrons. The fourth-order valence-corrected chi connectivity index (χ4v) is 3.46. The molecule has 2 aromatic heterocycles. The summed E-state index contributed by atoms with van der Waals surface area (Å²) in [6.45, 7) is 1.51. The first-order valence-corrected chi connectivity index (χ1v) is 8.45. The summed E-state index contributed by atoms with van der Waals surface area (Å²) in [6.07, 6.45) is 3.86. The lowest BCUT2D eigenvalue weighted by molar-refractivity contribution is 0.639. The maximum absolute atomic E-state index is 6.40. The molecule has 25 heavy (non-hydrogen) atoms. The Balaban J connectivity index is 1.70. The van der Waals surface area contributed by atoms with Crippen molar-refractivity contribution in [2.45, 2.75) is 12.0 Å². The number of fused-ring (bicyclic) bond motifs is 1. The quantitative estimate of drug-likeness (QED) is 0.778. The second kappa shape index (κ2) is 6.00.